The molecule has 0 spiro atoms. The van der Waals surface area contributed by atoms with E-state index in [4.69, 9.17) is 0 Å². The Hall–Kier alpha value is -1.20. The summed E-state index contributed by atoms with van der Waals surface area (Å²) in [5, 5.41) is 1.90. The lowest BCUT2D eigenvalue weighted by Gasteiger charge is -2.16. The smallest absolute Gasteiger partial charge is 0.265 e. The van der Waals surface area contributed by atoms with Gasteiger partial charge in [0.1, 0.15) is 4.88 Å². The topological polar surface area (TPSA) is 33.2 Å². The number of hydrogen-bond donors (Lipinski definition) is 0. The van der Waals surface area contributed by atoms with E-state index in [2.05, 4.69) is 20.9 Å². The molecule has 17 heavy (non-hydrogen) atoms. The zero-order chi connectivity index (χ0) is 12.3. The molecule has 0 N–H and O–H groups in total. The van der Waals surface area contributed by atoms with Crippen LogP contribution in [-0.4, -0.2) is 22.8 Å². The van der Waals surface area contributed by atoms with Gasteiger partial charge in [-0.2, -0.15) is 0 Å². The van der Waals surface area contributed by atoms with Crippen molar-refractivity contribution in [1.29, 1.82) is 0 Å². The van der Waals surface area contributed by atoms with Crippen LogP contribution in [0.25, 0.3) is 0 Å². The highest BCUT2D eigenvalue weighted by atomic mass is 79.9. The SMILES string of the molecule is CN(Cc1ccncc1)C(=O)c1sccc1Br. The first-order valence-electron chi connectivity index (χ1n) is 5.06. The minimum absolute atomic E-state index is 0.0312. The summed E-state index contributed by atoms with van der Waals surface area (Å²) in [7, 11) is 1.80. The predicted molar refractivity (Wildman–Crippen MR) is 72.1 cm³/mol. The number of carbonyl (C=O) groups excluding carboxylic acids is 1. The molecule has 0 saturated carbocycles. The summed E-state index contributed by atoms with van der Waals surface area (Å²) >= 11 is 4.82. The first-order valence-corrected chi connectivity index (χ1v) is 6.73. The second-order valence-electron chi connectivity index (χ2n) is 3.61. The van der Waals surface area contributed by atoms with Crippen molar-refractivity contribution in [3.05, 3.63) is 50.9 Å². The van der Waals surface area contributed by atoms with Gasteiger partial charge >= 0.3 is 0 Å². The predicted octanol–water partition coefficient (Wildman–Crippen LogP) is 3.18. The van der Waals surface area contributed by atoms with Crippen LogP contribution in [0.1, 0.15) is 15.2 Å². The van der Waals surface area contributed by atoms with Crippen LogP contribution in [0.2, 0.25) is 0 Å². The molecule has 0 aliphatic carbocycles. The van der Waals surface area contributed by atoms with Crippen molar-refractivity contribution in [3.8, 4) is 0 Å². The van der Waals surface area contributed by atoms with Gasteiger partial charge in [0.25, 0.3) is 5.91 Å². The number of carbonyl (C=O) groups is 1. The molecule has 0 aliphatic heterocycles. The van der Waals surface area contributed by atoms with Gasteiger partial charge in [0.05, 0.1) is 0 Å². The highest BCUT2D eigenvalue weighted by Crippen LogP contribution is 2.24. The first-order chi connectivity index (χ1) is 8.18. The molecule has 0 saturated heterocycles. The molecule has 1 amide bonds. The maximum atomic E-state index is 12.1. The number of pyridine rings is 1. The van der Waals surface area contributed by atoms with Crippen molar-refractivity contribution in [3.63, 3.8) is 0 Å². The molecule has 2 rings (SSSR count). The summed E-state index contributed by atoms with van der Waals surface area (Å²) in [6, 6.07) is 5.71. The molecular weight excluding hydrogens is 300 g/mol. The molecule has 2 aromatic heterocycles. The van der Waals surface area contributed by atoms with Crippen molar-refractivity contribution in [2.24, 2.45) is 0 Å². The van der Waals surface area contributed by atoms with Crippen LogP contribution in [0, 0.1) is 0 Å². The molecule has 3 nitrogen and oxygen atoms in total. The van der Waals surface area contributed by atoms with E-state index in [-0.39, 0.29) is 5.91 Å². The zero-order valence-corrected chi connectivity index (χ0v) is 11.7. The second-order valence-corrected chi connectivity index (χ2v) is 5.38. The lowest BCUT2D eigenvalue weighted by Crippen LogP contribution is -2.25. The quantitative estimate of drug-likeness (QED) is 0.872. The van der Waals surface area contributed by atoms with Gasteiger partial charge in [-0.05, 0) is 45.1 Å². The van der Waals surface area contributed by atoms with Gasteiger partial charge in [-0.15, -0.1) is 11.3 Å². The molecule has 0 aliphatic rings. The molecule has 0 fully saturated rings. The van der Waals surface area contributed by atoms with Crippen LogP contribution in [0.15, 0.2) is 40.4 Å². The number of halogens is 1. The Kier molecular flexibility index (Phi) is 3.91. The van der Waals surface area contributed by atoms with Crippen LogP contribution in [0.4, 0.5) is 0 Å². The fraction of sp³-hybridized carbons (Fsp3) is 0.167. The van der Waals surface area contributed by atoms with Gasteiger partial charge in [-0.1, -0.05) is 0 Å². The first kappa shape index (κ1) is 12.3. The average Bonchev–Trinajstić information content (AvgIpc) is 2.76. The fourth-order valence-electron chi connectivity index (χ4n) is 1.45. The maximum absolute atomic E-state index is 12.1. The van der Waals surface area contributed by atoms with E-state index in [0.29, 0.717) is 6.54 Å². The van der Waals surface area contributed by atoms with Crippen molar-refractivity contribution < 1.29 is 4.79 Å². The molecule has 0 bridgehead atoms. The van der Waals surface area contributed by atoms with Gasteiger partial charge in [-0.25, -0.2) is 0 Å². The number of thiophene rings is 1. The third-order valence-electron chi connectivity index (χ3n) is 2.33. The molecular formula is C12H11BrN2OS. The van der Waals surface area contributed by atoms with Crippen molar-refractivity contribution in [2.75, 3.05) is 7.05 Å². The van der Waals surface area contributed by atoms with E-state index < -0.39 is 0 Å². The Bertz CT molecular complexity index is 512. The molecule has 0 unspecified atom stereocenters. The number of hydrogen-bond acceptors (Lipinski definition) is 3. The molecule has 2 aromatic rings. The van der Waals surface area contributed by atoms with Crippen molar-refractivity contribution >= 4 is 33.2 Å². The van der Waals surface area contributed by atoms with Crippen LogP contribution >= 0.6 is 27.3 Å². The maximum Gasteiger partial charge on any atom is 0.265 e. The Morgan fingerprint density at radius 1 is 1.41 bits per heavy atom. The zero-order valence-electron chi connectivity index (χ0n) is 9.26. The Morgan fingerprint density at radius 3 is 2.71 bits per heavy atom. The van der Waals surface area contributed by atoms with Gasteiger partial charge < -0.3 is 4.90 Å². The van der Waals surface area contributed by atoms with E-state index >= 15 is 0 Å². The molecule has 88 valence electrons. The third kappa shape index (κ3) is 2.92. The Balaban J connectivity index is 2.09. The van der Waals surface area contributed by atoms with Crippen LogP contribution in [0.5, 0.6) is 0 Å². The minimum atomic E-state index is 0.0312. The normalized spacial score (nSPS) is 10.2. The Morgan fingerprint density at radius 2 is 2.12 bits per heavy atom. The van der Waals surface area contributed by atoms with Crippen molar-refractivity contribution in [2.45, 2.75) is 6.54 Å². The summed E-state index contributed by atoms with van der Waals surface area (Å²) < 4.78 is 0.856. The molecule has 0 aromatic carbocycles. The lowest BCUT2D eigenvalue weighted by molar-refractivity contribution is 0.0789. The number of rotatable bonds is 3. The summed E-state index contributed by atoms with van der Waals surface area (Å²) in [6.45, 7) is 0.589. The van der Waals surface area contributed by atoms with E-state index in [0.717, 1.165) is 14.9 Å². The molecule has 0 atom stereocenters. The van der Waals surface area contributed by atoms with Gasteiger partial charge in [0.2, 0.25) is 0 Å². The second kappa shape index (κ2) is 5.42. The van der Waals surface area contributed by atoms with Crippen LogP contribution < -0.4 is 0 Å². The van der Waals surface area contributed by atoms with E-state index in [9.17, 15) is 4.79 Å². The highest BCUT2D eigenvalue weighted by Gasteiger charge is 2.16. The largest absolute Gasteiger partial charge is 0.337 e. The average molecular weight is 311 g/mol. The fourth-order valence-corrected chi connectivity index (χ4v) is 2.99. The lowest BCUT2D eigenvalue weighted by atomic mass is 10.2. The molecule has 0 radical (unpaired) electrons. The minimum Gasteiger partial charge on any atom is -0.337 e. The van der Waals surface area contributed by atoms with Crippen LogP contribution in [-0.2, 0) is 6.54 Å². The summed E-state index contributed by atoms with van der Waals surface area (Å²) in [5.41, 5.74) is 1.07. The molecule has 5 heteroatoms. The number of nitrogens with zero attached hydrogens (tertiary/aromatic N) is 2. The van der Waals surface area contributed by atoms with Gasteiger partial charge in [0, 0.05) is 30.5 Å². The Labute approximate surface area is 112 Å². The van der Waals surface area contributed by atoms with Gasteiger partial charge in [-0.3, -0.25) is 9.78 Å². The van der Waals surface area contributed by atoms with Gasteiger partial charge in [0.15, 0.2) is 0 Å². The summed E-state index contributed by atoms with van der Waals surface area (Å²) in [5.74, 6) is 0.0312. The monoisotopic (exact) mass is 310 g/mol. The summed E-state index contributed by atoms with van der Waals surface area (Å²) in [6.07, 6.45) is 3.46. The van der Waals surface area contributed by atoms with Crippen molar-refractivity contribution in [1.82, 2.24) is 9.88 Å². The summed E-state index contributed by atoms with van der Waals surface area (Å²) in [4.78, 5) is 18.5. The van der Waals surface area contributed by atoms with E-state index in [1.165, 1.54) is 11.3 Å². The third-order valence-corrected chi connectivity index (χ3v) is 4.15. The van der Waals surface area contributed by atoms with E-state index in [1.807, 2.05) is 23.6 Å². The molecule has 2 heterocycles. The van der Waals surface area contributed by atoms with E-state index in [1.54, 1.807) is 24.3 Å². The standard InChI is InChI=1S/C12H11BrN2OS/c1-15(8-9-2-5-14-6-3-9)12(16)11-10(13)4-7-17-11/h2-7H,8H2,1H3. The number of aromatic nitrogens is 1. The number of amides is 1. The van der Waals surface area contributed by atoms with Crippen LogP contribution in [0.3, 0.4) is 0 Å². The highest BCUT2D eigenvalue weighted by molar-refractivity contribution is 9.10.